The number of nitrogens with one attached hydrogen (secondary N) is 2. The van der Waals surface area contributed by atoms with E-state index in [-0.39, 0.29) is 11.6 Å². The zero-order valence-corrected chi connectivity index (χ0v) is 21.7. The molecule has 0 bridgehead atoms. The Labute approximate surface area is 226 Å². The van der Waals surface area contributed by atoms with Crippen molar-refractivity contribution in [2.45, 2.75) is 11.3 Å². The third-order valence-electron chi connectivity index (χ3n) is 6.04. The van der Waals surface area contributed by atoms with Gasteiger partial charge in [-0.15, -0.1) is 11.6 Å². The van der Waals surface area contributed by atoms with Crippen LogP contribution in [-0.2, 0) is 14.3 Å². The maximum absolute atomic E-state index is 14.0. The molecule has 5 rings (SSSR count). The molecule has 0 saturated heterocycles. The molecule has 0 fully saturated rings. The molecule has 2 atom stereocenters. The number of methoxy groups -OCH3 is 2. The molecular weight excluding hydrogens is 534 g/mol. The van der Waals surface area contributed by atoms with E-state index < -0.39 is 23.0 Å². The van der Waals surface area contributed by atoms with Crippen LogP contribution >= 0.6 is 23.2 Å². The van der Waals surface area contributed by atoms with E-state index >= 15 is 0 Å². The van der Waals surface area contributed by atoms with Gasteiger partial charge in [0, 0.05) is 35.6 Å². The van der Waals surface area contributed by atoms with E-state index in [1.807, 2.05) is 6.07 Å². The van der Waals surface area contributed by atoms with Crippen molar-refractivity contribution in [3.05, 3.63) is 89.5 Å². The zero-order chi connectivity index (χ0) is 27.0. The summed E-state index contributed by atoms with van der Waals surface area (Å²) in [5.74, 6) is -0.323. The number of carbonyl (C=O) groups is 1. The van der Waals surface area contributed by atoms with E-state index in [1.165, 1.54) is 32.4 Å². The van der Waals surface area contributed by atoms with Crippen LogP contribution in [0.1, 0.15) is 11.5 Å². The average Bonchev–Trinajstić information content (AvgIpc) is 3.41. The SMILES string of the molecule is C=CC(=O)Nc1ccc(F)cc1Nc1ncc2cc(C3C(Cl)=C(OC)C=C(OC)C3Cl)c3nccn3c2n1. The number of hydrogen-bond acceptors (Lipinski definition) is 7. The number of pyridine rings is 1. The van der Waals surface area contributed by atoms with Gasteiger partial charge in [0.2, 0.25) is 11.9 Å². The Balaban J connectivity index is 1.59. The number of imidazole rings is 1. The summed E-state index contributed by atoms with van der Waals surface area (Å²) in [4.78, 5) is 25.4. The molecule has 4 aromatic rings. The molecule has 1 amide bonds. The molecule has 1 aliphatic carbocycles. The quantitative estimate of drug-likeness (QED) is 0.226. The second-order valence-corrected chi connectivity index (χ2v) is 9.13. The van der Waals surface area contributed by atoms with Crippen LogP contribution in [0.25, 0.3) is 16.7 Å². The molecule has 9 nitrogen and oxygen atoms in total. The molecule has 1 aliphatic rings. The lowest BCUT2D eigenvalue weighted by Crippen LogP contribution is -2.23. The number of fused-ring (bicyclic) bond motifs is 3. The number of aromatic nitrogens is 4. The van der Waals surface area contributed by atoms with Crippen LogP contribution in [0.15, 0.2) is 78.1 Å². The second-order valence-electron chi connectivity index (χ2n) is 8.25. The fourth-order valence-electron chi connectivity index (χ4n) is 4.26. The summed E-state index contributed by atoms with van der Waals surface area (Å²) in [6, 6.07) is 5.76. The topological polar surface area (TPSA) is 103 Å². The minimum atomic E-state index is -0.608. The van der Waals surface area contributed by atoms with E-state index in [1.54, 1.807) is 29.1 Å². The Morgan fingerprint density at radius 3 is 2.74 bits per heavy atom. The largest absolute Gasteiger partial charge is 0.499 e. The minimum absolute atomic E-state index is 0.178. The fourth-order valence-corrected chi connectivity index (χ4v) is 5.12. The second kappa shape index (κ2) is 10.3. The van der Waals surface area contributed by atoms with Crippen LogP contribution in [-0.4, -0.2) is 44.9 Å². The van der Waals surface area contributed by atoms with Gasteiger partial charge in [-0.1, -0.05) is 18.2 Å². The van der Waals surface area contributed by atoms with Crippen LogP contribution in [0.2, 0.25) is 0 Å². The number of anilines is 3. The molecule has 0 aliphatic heterocycles. The Bertz CT molecular complexity index is 1650. The Morgan fingerprint density at radius 1 is 1.18 bits per heavy atom. The first-order chi connectivity index (χ1) is 18.3. The predicted molar refractivity (Wildman–Crippen MR) is 144 cm³/mol. The molecule has 0 spiro atoms. The van der Waals surface area contributed by atoms with Gasteiger partial charge in [-0.3, -0.25) is 9.20 Å². The van der Waals surface area contributed by atoms with Gasteiger partial charge in [-0.05, 0) is 30.3 Å². The molecule has 2 N–H and O–H groups in total. The van der Waals surface area contributed by atoms with Crippen molar-refractivity contribution in [1.29, 1.82) is 0 Å². The highest BCUT2D eigenvalue weighted by Gasteiger charge is 2.36. The number of halogens is 3. The molecular formula is C26H21Cl2FN6O3. The number of benzene rings is 1. The van der Waals surface area contributed by atoms with Gasteiger partial charge < -0.3 is 20.1 Å². The lowest BCUT2D eigenvalue weighted by molar-refractivity contribution is -0.111. The first-order valence-electron chi connectivity index (χ1n) is 11.3. The van der Waals surface area contributed by atoms with Gasteiger partial charge in [0.05, 0.1) is 36.5 Å². The number of carbonyl (C=O) groups excluding carboxylic acids is 1. The highest BCUT2D eigenvalue weighted by molar-refractivity contribution is 6.33. The smallest absolute Gasteiger partial charge is 0.247 e. The standard InChI is InChI=1S/C26H21Cl2FN6O3/c1-4-20(36)32-16-6-5-14(29)10-17(16)33-26-31-12-13-9-15(25-30-7-8-35(25)24(13)34-26)21-22(27)18(37-2)11-19(38-3)23(21)28/h4-12,21-22H,1H2,2-3H3,(H,32,36)(H,31,33,34). The van der Waals surface area contributed by atoms with E-state index in [4.69, 9.17) is 32.7 Å². The van der Waals surface area contributed by atoms with Gasteiger partial charge in [-0.2, -0.15) is 4.98 Å². The Hall–Kier alpha value is -4.15. The summed E-state index contributed by atoms with van der Waals surface area (Å²) in [6.07, 6.45) is 7.79. The van der Waals surface area contributed by atoms with Crippen LogP contribution in [0.4, 0.5) is 21.7 Å². The number of allylic oxidation sites excluding steroid dienone is 3. The van der Waals surface area contributed by atoms with Crippen molar-refractivity contribution in [3.63, 3.8) is 0 Å². The highest BCUT2D eigenvalue weighted by Crippen LogP contribution is 2.44. The van der Waals surface area contributed by atoms with Gasteiger partial charge in [-0.25, -0.2) is 14.4 Å². The van der Waals surface area contributed by atoms with Crippen molar-refractivity contribution in [1.82, 2.24) is 19.4 Å². The van der Waals surface area contributed by atoms with E-state index in [0.717, 1.165) is 11.6 Å². The summed E-state index contributed by atoms with van der Waals surface area (Å²) in [5, 5.41) is 6.09. The number of nitrogens with zero attached hydrogens (tertiary/aromatic N) is 4. The number of rotatable bonds is 7. The average molecular weight is 555 g/mol. The van der Waals surface area contributed by atoms with E-state index in [9.17, 15) is 9.18 Å². The number of hydrogen-bond donors (Lipinski definition) is 2. The third kappa shape index (κ3) is 4.52. The van der Waals surface area contributed by atoms with Crippen LogP contribution in [0.5, 0.6) is 0 Å². The van der Waals surface area contributed by atoms with Crippen LogP contribution < -0.4 is 10.6 Å². The van der Waals surface area contributed by atoms with Gasteiger partial charge in [0.15, 0.2) is 5.65 Å². The van der Waals surface area contributed by atoms with Crippen molar-refractivity contribution >= 4 is 63.1 Å². The summed E-state index contributed by atoms with van der Waals surface area (Å²) in [6.45, 7) is 3.44. The maximum Gasteiger partial charge on any atom is 0.247 e. The third-order valence-corrected chi connectivity index (χ3v) is 6.93. The first-order valence-corrected chi connectivity index (χ1v) is 12.1. The summed E-state index contributed by atoms with van der Waals surface area (Å²) >= 11 is 13.5. The van der Waals surface area contributed by atoms with Gasteiger partial charge in [0.25, 0.3) is 0 Å². The maximum atomic E-state index is 14.0. The van der Waals surface area contributed by atoms with Crippen molar-refractivity contribution < 1.29 is 18.7 Å². The minimum Gasteiger partial charge on any atom is -0.499 e. The van der Waals surface area contributed by atoms with Crippen LogP contribution in [0, 0.1) is 5.82 Å². The molecule has 3 heterocycles. The number of ether oxygens (including phenoxy) is 2. The lowest BCUT2D eigenvalue weighted by Gasteiger charge is -2.29. The van der Waals surface area contributed by atoms with E-state index in [2.05, 4.69) is 32.2 Å². The van der Waals surface area contributed by atoms with Crippen molar-refractivity contribution in [2.24, 2.45) is 0 Å². The molecule has 3 aromatic heterocycles. The molecule has 194 valence electrons. The lowest BCUT2D eigenvalue weighted by atomic mass is 9.90. The first kappa shape index (κ1) is 25.5. The monoisotopic (exact) mass is 554 g/mol. The van der Waals surface area contributed by atoms with Gasteiger partial charge >= 0.3 is 0 Å². The molecule has 12 heteroatoms. The molecule has 0 saturated carbocycles. The van der Waals surface area contributed by atoms with E-state index in [0.29, 0.717) is 38.9 Å². The van der Waals surface area contributed by atoms with Crippen LogP contribution in [0.3, 0.4) is 0 Å². The van der Waals surface area contributed by atoms with Crippen molar-refractivity contribution in [2.75, 3.05) is 24.9 Å². The summed E-state index contributed by atoms with van der Waals surface area (Å²) in [5.41, 5.74) is 2.45. The zero-order valence-electron chi connectivity index (χ0n) is 20.2. The molecule has 2 unspecified atom stereocenters. The Kier molecular flexibility index (Phi) is 6.92. The molecule has 38 heavy (non-hydrogen) atoms. The normalized spacial score (nSPS) is 17.3. The summed E-state index contributed by atoms with van der Waals surface area (Å²) < 4.78 is 26.7. The van der Waals surface area contributed by atoms with Crippen molar-refractivity contribution in [3.8, 4) is 0 Å². The highest BCUT2D eigenvalue weighted by atomic mass is 35.5. The number of amides is 1. The number of alkyl halides is 1. The van der Waals surface area contributed by atoms with Gasteiger partial charge in [0.1, 0.15) is 28.4 Å². The predicted octanol–water partition coefficient (Wildman–Crippen LogP) is 5.62. The summed E-state index contributed by atoms with van der Waals surface area (Å²) in [7, 11) is 3.05. The molecule has 0 radical (unpaired) electrons. The molecule has 1 aromatic carbocycles. The fraction of sp³-hybridized carbons (Fsp3) is 0.154. The Morgan fingerprint density at radius 2 is 2.00 bits per heavy atom.